The van der Waals surface area contributed by atoms with Crippen molar-refractivity contribution in [1.29, 1.82) is 0 Å². The molecule has 0 spiro atoms. The maximum Gasteiger partial charge on any atom is 0.156 e. The molecule has 0 amide bonds. The minimum absolute atomic E-state index is 0.163. The number of ether oxygens (including phenoxy) is 3. The topological polar surface area (TPSA) is 73.9 Å². The van der Waals surface area contributed by atoms with Crippen molar-refractivity contribution < 1.29 is 19.3 Å². The van der Waals surface area contributed by atoms with Gasteiger partial charge in [-0.05, 0) is 35.4 Å². The van der Waals surface area contributed by atoms with E-state index in [0.29, 0.717) is 21.5 Å². The van der Waals surface area contributed by atoms with Crippen LogP contribution < -0.4 is 15.2 Å². The lowest BCUT2D eigenvalue weighted by Gasteiger charge is -2.27. The molecule has 0 aliphatic carbocycles. The normalized spacial score (nSPS) is 13.7. The second-order valence-electron chi connectivity index (χ2n) is 7.56. The lowest BCUT2D eigenvalue weighted by atomic mass is 9.78. The molecule has 8 heteroatoms. The van der Waals surface area contributed by atoms with Gasteiger partial charge in [-0.3, -0.25) is 0 Å². The van der Waals surface area contributed by atoms with Crippen molar-refractivity contribution in [2.75, 3.05) is 32.8 Å². The molecule has 0 radical (unpaired) electrons. The van der Waals surface area contributed by atoms with Gasteiger partial charge < -0.3 is 25.1 Å². The molecule has 0 bridgehead atoms. The van der Waals surface area contributed by atoms with E-state index in [-0.39, 0.29) is 37.2 Å². The molecule has 3 N–H and O–H groups in total. The first-order valence-electron chi connectivity index (χ1n) is 9.53. The largest absolute Gasteiger partial charge is 0.491 e. The summed E-state index contributed by atoms with van der Waals surface area (Å²) in [6.07, 6.45) is -0.671. The van der Waals surface area contributed by atoms with Gasteiger partial charge in [-0.15, -0.1) is 11.6 Å². The van der Waals surface area contributed by atoms with E-state index in [0.717, 1.165) is 11.1 Å². The molecule has 2 aromatic carbocycles. The van der Waals surface area contributed by atoms with Crippen LogP contribution in [0.15, 0.2) is 36.4 Å². The predicted molar refractivity (Wildman–Crippen MR) is 123 cm³/mol. The van der Waals surface area contributed by atoms with Crippen LogP contribution in [0.3, 0.4) is 0 Å². The van der Waals surface area contributed by atoms with Crippen LogP contribution in [0.5, 0.6) is 11.5 Å². The van der Waals surface area contributed by atoms with Gasteiger partial charge in [-0.1, -0.05) is 49.2 Å². The van der Waals surface area contributed by atoms with Gasteiger partial charge in [0.2, 0.25) is 0 Å². The molecule has 2 aromatic rings. The van der Waals surface area contributed by atoms with E-state index in [4.69, 9.17) is 54.7 Å². The number of aliphatic hydroxyl groups excluding tert-OH is 1. The second-order valence-corrected chi connectivity index (χ2v) is 8.69. The number of hydrogen-bond donors (Lipinski definition) is 2. The minimum Gasteiger partial charge on any atom is -0.491 e. The average molecular weight is 477 g/mol. The van der Waals surface area contributed by atoms with Crippen LogP contribution in [-0.2, 0) is 10.2 Å². The lowest BCUT2D eigenvalue weighted by molar-refractivity contribution is 0.0325. The molecule has 0 aromatic heterocycles. The SMILES string of the molecule is COC[C@H](O)COc1ccc(C(C)(C)c2cc(Cl)c(OC[C@@H](N)CCl)c(Cl)c2)cc1. The van der Waals surface area contributed by atoms with Crippen molar-refractivity contribution in [2.45, 2.75) is 31.4 Å². The van der Waals surface area contributed by atoms with E-state index < -0.39 is 6.10 Å². The smallest absolute Gasteiger partial charge is 0.156 e. The number of alkyl halides is 1. The average Bonchev–Trinajstić information content (AvgIpc) is 2.71. The lowest BCUT2D eigenvalue weighted by Crippen LogP contribution is -2.29. The highest BCUT2D eigenvalue weighted by atomic mass is 35.5. The molecule has 0 aliphatic rings. The van der Waals surface area contributed by atoms with E-state index in [1.807, 2.05) is 36.4 Å². The molecular formula is C22H28Cl3NO4. The third-order valence-corrected chi connectivity index (χ3v) is 5.70. The fourth-order valence-corrected chi connectivity index (χ4v) is 3.55. The Morgan fingerprint density at radius 1 is 0.967 bits per heavy atom. The third-order valence-electron chi connectivity index (χ3n) is 4.74. The quantitative estimate of drug-likeness (QED) is 0.462. The first-order valence-corrected chi connectivity index (χ1v) is 10.8. The van der Waals surface area contributed by atoms with Crippen LogP contribution in [0.2, 0.25) is 10.0 Å². The summed E-state index contributed by atoms with van der Waals surface area (Å²) in [5, 5.41) is 10.5. The molecule has 2 rings (SSSR count). The van der Waals surface area contributed by atoms with Crippen molar-refractivity contribution in [2.24, 2.45) is 5.73 Å². The minimum atomic E-state index is -0.671. The Kier molecular flexibility index (Phi) is 9.54. The van der Waals surface area contributed by atoms with Gasteiger partial charge in [0.25, 0.3) is 0 Å². The van der Waals surface area contributed by atoms with Gasteiger partial charge in [-0.2, -0.15) is 0 Å². The van der Waals surface area contributed by atoms with Gasteiger partial charge in [0, 0.05) is 18.4 Å². The molecule has 2 atom stereocenters. The van der Waals surface area contributed by atoms with E-state index >= 15 is 0 Å². The molecule has 0 saturated carbocycles. The van der Waals surface area contributed by atoms with Crippen LogP contribution in [0.25, 0.3) is 0 Å². The fourth-order valence-electron chi connectivity index (χ4n) is 2.86. The maximum atomic E-state index is 9.70. The number of rotatable bonds is 11. The fraction of sp³-hybridized carbons (Fsp3) is 0.455. The molecule has 0 fully saturated rings. The highest BCUT2D eigenvalue weighted by Gasteiger charge is 2.26. The Hall–Kier alpha value is -1.21. The molecule has 30 heavy (non-hydrogen) atoms. The van der Waals surface area contributed by atoms with E-state index in [9.17, 15) is 5.11 Å². The third kappa shape index (κ3) is 6.64. The number of hydrogen-bond acceptors (Lipinski definition) is 5. The van der Waals surface area contributed by atoms with Gasteiger partial charge in [0.15, 0.2) is 5.75 Å². The monoisotopic (exact) mass is 475 g/mol. The molecule has 5 nitrogen and oxygen atoms in total. The highest BCUT2D eigenvalue weighted by molar-refractivity contribution is 6.37. The number of methoxy groups -OCH3 is 1. The van der Waals surface area contributed by atoms with E-state index in [1.165, 1.54) is 7.11 Å². The van der Waals surface area contributed by atoms with Gasteiger partial charge in [0.05, 0.1) is 22.7 Å². The Morgan fingerprint density at radius 2 is 1.57 bits per heavy atom. The molecule has 0 aliphatic heterocycles. The summed E-state index contributed by atoms with van der Waals surface area (Å²) in [5.74, 6) is 1.35. The Morgan fingerprint density at radius 3 is 2.10 bits per heavy atom. The predicted octanol–water partition coefficient (Wildman–Crippen LogP) is 4.65. The highest BCUT2D eigenvalue weighted by Crippen LogP contribution is 2.40. The number of aliphatic hydroxyl groups is 1. The summed E-state index contributed by atoms with van der Waals surface area (Å²) in [4.78, 5) is 0. The summed E-state index contributed by atoms with van der Waals surface area (Å²) >= 11 is 18.6. The summed E-state index contributed by atoms with van der Waals surface area (Å²) in [5.41, 5.74) is 7.41. The van der Waals surface area contributed by atoms with Crippen LogP contribution >= 0.6 is 34.8 Å². The number of halogens is 3. The first-order chi connectivity index (χ1) is 14.2. The molecule has 0 saturated heterocycles. The van der Waals surface area contributed by atoms with E-state index in [2.05, 4.69) is 13.8 Å². The van der Waals surface area contributed by atoms with Crippen LogP contribution in [0, 0.1) is 0 Å². The van der Waals surface area contributed by atoms with Gasteiger partial charge in [0.1, 0.15) is 25.1 Å². The summed E-state index contributed by atoms with van der Waals surface area (Å²) in [7, 11) is 1.53. The van der Waals surface area contributed by atoms with Crippen LogP contribution in [0.4, 0.5) is 0 Å². The van der Waals surface area contributed by atoms with Gasteiger partial charge in [-0.25, -0.2) is 0 Å². The van der Waals surface area contributed by atoms with Crippen LogP contribution in [-0.4, -0.2) is 50.1 Å². The summed E-state index contributed by atoms with van der Waals surface area (Å²) < 4.78 is 16.1. The molecule has 166 valence electrons. The van der Waals surface area contributed by atoms with Crippen molar-refractivity contribution in [3.63, 3.8) is 0 Å². The first kappa shape index (κ1) is 25.1. The Balaban J connectivity index is 2.16. The maximum absolute atomic E-state index is 9.70. The van der Waals surface area contributed by atoms with Crippen LogP contribution in [0.1, 0.15) is 25.0 Å². The zero-order chi connectivity index (χ0) is 22.3. The molecular weight excluding hydrogens is 449 g/mol. The van der Waals surface area contributed by atoms with Crippen molar-refractivity contribution in [3.05, 3.63) is 57.6 Å². The second kappa shape index (κ2) is 11.4. The summed E-state index contributed by atoms with van der Waals surface area (Å²) in [6.45, 7) is 4.78. The number of nitrogens with two attached hydrogens (primary N) is 1. The van der Waals surface area contributed by atoms with Crippen molar-refractivity contribution >= 4 is 34.8 Å². The zero-order valence-corrected chi connectivity index (χ0v) is 19.6. The zero-order valence-electron chi connectivity index (χ0n) is 17.3. The van der Waals surface area contributed by atoms with E-state index in [1.54, 1.807) is 0 Å². The molecule has 0 unspecified atom stereocenters. The molecule has 0 heterocycles. The Labute approximate surface area is 193 Å². The summed E-state index contributed by atoms with van der Waals surface area (Å²) in [6, 6.07) is 11.1. The van der Waals surface area contributed by atoms with Crippen molar-refractivity contribution in [1.82, 2.24) is 0 Å². The standard InChI is InChI=1S/C22H28Cl3NO4/c1-22(2,14-4-6-18(7-5-14)29-13-17(27)12-28-3)15-8-19(24)21(20(25)9-15)30-11-16(26)10-23/h4-9,16-17,27H,10-13,26H2,1-3H3/t16-,17-/m0/s1. The van der Waals surface area contributed by atoms with Crippen molar-refractivity contribution in [3.8, 4) is 11.5 Å². The Bertz CT molecular complexity index is 792. The van der Waals surface area contributed by atoms with Gasteiger partial charge >= 0.3 is 0 Å². The number of benzene rings is 2.